The number of fused-ring (bicyclic) bond motifs is 6. The van der Waals surface area contributed by atoms with Crippen LogP contribution >= 0.6 is 0 Å². The van der Waals surface area contributed by atoms with Gasteiger partial charge in [0.25, 0.3) is 0 Å². The van der Waals surface area contributed by atoms with Gasteiger partial charge in [-0.15, -0.1) is 0 Å². The lowest BCUT2D eigenvalue weighted by Crippen LogP contribution is -2.11. The van der Waals surface area contributed by atoms with Crippen molar-refractivity contribution in [3.05, 3.63) is 212 Å². The first kappa shape index (κ1) is 30.8. The molecule has 0 aliphatic rings. The fourth-order valence-corrected chi connectivity index (χ4v) is 8.13. The second-order valence-corrected chi connectivity index (χ2v) is 13.7. The molecule has 1 heteroatoms. The lowest BCUT2D eigenvalue weighted by molar-refractivity contribution is 1.28. The average Bonchev–Trinajstić information content (AvgIpc) is 3.24. The van der Waals surface area contributed by atoms with Gasteiger partial charge in [-0.25, -0.2) is 0 Å². The predicted octanol–water partition coefficient (Wildman–Crippen LogP) is 14.8. The van der Waals surface area contributed by atoms with E-state index in [1.807, 2.05) is 0 Å². The smallest absolute Gasteiger partial charge is 0.0540 e. The van der Waals surface area contributed by atoms with E-state index in [9.17, 15) is 0 Å². The van der Waals surface area contributed by atoms with Gasteiger partial charge in [0.15, 0.2) is 0 Å². The summed E-state index contributed by atoms with van der Waals surface area (Å²) in [4.78, 5) is 2.39. The monoisotopic (exact) mass is 673 g/mol. The van der Waals surface area contributed by atoms with Gasteiger partial charge in [-0.2, -0.15) is 0 Å². The zero-order valence-electron chi connectivity index (χ0n) is 29.2. The van der Waals surface area contributed by atoms with Crippen molar-refractivity contribution in [2.24, 2.45) is 0 Å². The highest BCUT2D eigenvalue weighted by Gasteiger charge is 2.18. The average molecular weight is 674 g/mol. The Morgan fingerprint density at radius 2 is 0.698 bits per heavy atom. The van der Waals surface area contributed by atoms with Crippen LogP contribution in [0, 0.1) is 0 Å². The molecule has 0 saturated carbocycles. The summed E-state index contributed by atoms with van der Waals surface area (Å²) in [5.41, 5.74) is 10.6. The summed E-state index contributed by atoms with van der Waals surface area (Å²) in [6.07, 6.45) is 0. The summed E-state index contributed by atoms with van der Waals surface area (Å²) in [7, 11) is 0. The third-order valence-corrected chi connectivity index (χ3v) is 10.6. The molecule has 0 unspecified atom stereocenters. The Morgan fingerprint density at radius 3 is 1.42 bits per heavy atom. The van der Waals surface area contributed by atoms with Gasteiger partial charge in [-0.05, 0) is 101 Å². The molecule has 248 valence electrons. The third-order valence-electron chi connectivity index (χ3n) is 10.6. The predicted molar refractivity (Wildman–Crippen MR) is 227 cm³/mol. The third kappa shape index (κ3) is 5.42. The quantitative estimate of drug-likeness (QED) is 0.159. The van der Waals surface area contributed by atoms with Crippen molar-refractivity contribution >= 4 is 60.2 Å². The second-order valence-electron chi connectivity index (χ2n) is 13.7. The Morgan fingerprint density at radius 1 is 0.245 bits per heavy atom. The molecule has 0 atom stereocenters. The van der Waals surface area contributed by atoms with Crippen LogP contribution in [0.25, 0.3) is 76.5 Å². The van der Waals surface area contributed by atoms with Gasteiger partial charge in [-0.3, -0.25) is 0 Å². The molecule has 0 heterocycles. The zero-order valence-corrected chi connectivity index (χ0v) is 29.2. The number of hydrogen-bond acceptors (Lipinski definition) is 1. The Hall–Kier alpha value is -6.96. The van der Waals surface area contributed by atoms with E-state index in [1.165, 1.54) is 76.5 Å². The zero-order chi connectivity index (χ0) is 35.1. The summed E-state index contributed by atoms with van der Waals surface area (Å²) < 4.78 is 0. The van der Waals surface area contributed by atoms with Crippen molar-refractivity contribution in [3.63, 3.8) is 0 Å². The molecule has 10 aromatic rings. The molecular weight excluding hydrogens is 639 g/mol. The molecule has 0 aliphatic carbocycles. The Bertz CT molecular complexity index is 2910. The number of anilines is 3. The molecule has 0 aliphatic heterocycles. The van der Waals surface area contributed by atoms with Crippen molar-refractivity contribution < 1.29 is 0 Å². The lowest BCUT2D eigenvalue weighted by atomic mass is 9.91. The number of para-hydroxylation sites is 1. The van der Waals surface area contributed by atoms with Gasteiger partial charge in [0.1, 0.15) is 0 Å². The van der Waals surface area contributed by atoms with Crippen LogP contribution in [0.1, 0.15) is 0 Å². The van der Waals surface area contributed by atoms with E-state index in [0.29, 0.717) is 0 Å². The maximum Gasteiger partial charge on any atom is 0.0540 e. The van der Waals surface area contributed by atoms with E-state index in [4.69, 9.17) is 0 Å². The van der Waals surface area contributed by atoms with Crippen LogP contribution in [0.3, 0.4) is 0 Å². The molecule has 0 saturated heterocycles. The second kappa shape index (κ2) is 13.0. The highest BCUT2D eigenvalue weighted by molar-refractivity contribution is 6.24. The molecule has 10 aromatic carbocycles. The van der Waals surface area contributed by atoms with Gasteiger partial charge >= 0.3 is 0 Å². The van der Waals surface area contributed by atoms with Crippen LogP contribution in [-0.4, -0.2) is 0 Å². The molecule has 0 bridgehead atoms. The van der Waals surface area contributed by atoms with Crippen LogP contribution in [-0.2, 0) is 0 Å². The standard InChI is InChI=1S/C52H35N/c1-2-12-37(13-3-1)47-19-8-9-23-50(47)53(43-32-28-39(29-33-43)46-21-10-16-36-14-4-6-18-45(36)46)44-34-30-40(31-35-44)49-22-11-17-41-26-27-42-25-24-38-15-5-7-20-48(38)52(42)51(41)49/h1-35H. The van der Waals surface area contributed by atoms with E-state index >= 15 is 0 Å². The van der Waals surface area contributed by atoms with Crippen molar-refractivity contribution in [2.45, 2.75) is 0 Å². The first-order chi connectivity index (χ1) is 26.3. The fourth-order valence-electron chi connectivity index (χ4n) is 8.13. The number of nitrogens with zero attached hydrogens (tertiary/aromatic N) is 1. The first-order valence-corrected chi connectivity index (χ1v) is 18.3. The van der Waals surface area contributed by atoms with E-state index in [2.05, 4.69) is 217 Å². The molecule has 0 amide bonds. The Kier molecular flexibility index (Phi) is 7.55. The van der Waals surface area contributed by atoms with Gasteiger partial charge < -0.3 is 4.90 Å². The van der Waals surface area contributed by atoms with Crippen LogP contribution < -0.4 is 4.90 Å². The van der Waals surface area contributed by atoms with Crippen molar-refractivity contribution in [1.82, 2.24) is 0 Å². The number of rotatable bonds is 6. The number of benzene rings is 10. The van der Waals surface area contributed by atoms with E-state index in [1.54, 1.807) is 0 Å². The molecule has 0 spiro atoms. The first-order valence-electron chi connectivity index (χ1n) is 18.3. The van der Waals surface area contributed by atoms with Crippen LogP contribution in [0.5, 0.6) is 0 Å². The van der Waals surface area contributed by atoms with E-state index < -0.39 is 0 Å². The molecule has 0 fully saturated rings. The summed E-state index contributed by atoms with van der Waals surface area (Å²) in [5.74, 6) is 0. The summed E-state index contributed by atoms with van der Waals surface area (Å²) in [5, 5.41) is 10.2. The normalized spacial score (nSPS) is 11.4. The summed E-state index contributed by atoms with van der Waals surface area (Å²) in [6.45, 7) is 0. The van der Waals surface area contributed by atoms with Gasteiger partial charge in [-0.1, -0.05) is 182 Å². The molecule has 10 rings (SSSR count). The molecular formula is C52H35N. The van der Waals surface area contributed by atoms with Crippen LogP contribution in [0.2, 0.25) is 0 Å². The van der Waals surface area contributed by atoms with E-state index in [-0.39, 0.29) is 0 Å². The maximum absolute atomic E-state index is 2.39. The topological polar surface area (TPSA) is 3.24 Å². The molecule has 53 heavy (non-hydrogen) atoms. The van der Waals surface area contributed by atoms with Crippen molar-refractivity contribution in [1.29, 1.82) is 0 Å². The largest absolute Gasteiger partial charge is 0.310 e. The van der Waals surface area contributed by atoms with Crippen molar-refractivity contribution in [2.75, 3.05) is 4.90 Å². The maximum atomic E-state index is 2.39. The number of hydrogen-bond donors (Lipinski definition) is 0. The van der Waals surface area contributed by atoms with Crippen LogP contribution in [0.15, 0.2) is 212 Å². The Labute approximate surface area is 309 Å². The van der Waals surface area contributed by atoms with E-state index in [0.717, 1.165) is 17.1 Å². The van der Waals surface area contributed by atoms with Gasteiger partial charge in [0, 0.05) is 16.9 Å². The highest BCUT2D eigenvalue weighted by atomic mass is 15.1. The Balaban J connectivity index is 1.13. The lowest BCUT2D eigenvalue weighted by Gasteiger charge is -2.28. The fraction of sp³-hybridized carbons (Fsp3) is 0. The minimum atomic E-state index is 1.10. The summed E-state index contributed by atoms with van der Waals surface area (Å²) >= 11 is 0. The molecule has 0 radical (unpaired) electrons. The minimum Gasteiger partial charge on any atom is -0.310 e. The highest BCUT2D eigenvalue weighted by Crippen LogP contribution is 2.43. The summed E-state index contributed by atoms with van der Waals surface area (Å²) in [6, 6.07) is 77.2. The SMILES string of the molecule is c1ccc(-c2ccccc2N(c2ccc(-c3cccc4ccccc34)cc2)c2ccc(-c3cccc4ccc5ccc6ccccc6c5c34)cc2)cc1. The molecule has 1 nitrogen and oxygen atoms in total. The van der Waals surface area contributed by atoms with Crippen LogP contribution in [0.4, 0.5) is 17.1 Å². The van der Waals surface area contributed by atoms with Crippen molar-refractivity contribution in [3.8, 4) is 33.4 Å². The van der Waals surface area contributed by atoms with Gasteiger partial charge in [0.05, 0.1) is 5.69 Å². The molecule has 0 aromatic heterocycles. The molecule has 0 N–H and O–H groups in total. The minimum absolute atomic E-state index is 1.10. The van der Waals surface area contributed by atoms with Gasteiger partial charge in [0.2, 0.25) is 0 Å².